The van der Waals surface area contributed by atoms with Crippen molar-refractivity contribution in [1.29, 1.82) is 0 Å². The molecule has 1 aliphatic heterocycles. The fourth-order valence-electron chi connectivity index (χ4n) is 2.27. The molecule has 5 heteroatoms. The molecule has 1 aromatic rings. The Hall–Kier alpha value is -2.17. The normalized spacial score (nSPS) is 15.4. The quantitative estimate of drug-likeness (QED) is 0.618. The van der Waals surface area contributed by atoms with Crippen molar-refractivity contribution < 1.29 is 19.1 Å². The van der Waals surface area contributed by atoms with E-state index in [4.69, 9.17) is 4.74 Å². The highest BCUT2D eigenvalue weighted by Crippen LogP contribution is 2.22. The Bertz CT molecular complexity index is 565. The molecule has 1 heterocycles. The molecule has 0 saturated carbocycles. The van der Waals surface area contributed by atoms with Gasteiger partial charge in [-0.25, -0.2) is 0 Å². The molecule has 5 nitrogen and oxygen atoms in total. The lowest BCUT2D eigenvalue weighted by Gasteiger charge is -2.26. The van der Waals surface area contributed by atoms with E-state index in [9.17, 15) is 14.4 Å². The Kier molecular flexibility index (Phi) is 4.17. The van der Waals surface area contributed by atoms with Gasteiger partial charge in [-0.1, -0.05) is 6.07 Å². The summed E-state index contributed by atoms with van der Waals surface area (Å²) in [5, 5.41) is 0. The van der Waals surface area contributed by atoms with E-state index in [0.717, 1.165) is 5.56 Å². The predicted molar refractivity (Wildman–Crippen MR) is 72.7 cm³/mol. The summed E-state index contributed by atoms with van der Waals surface area (Å²) in [6.07, 6.45) is 0.386. The van der Waals surface area contributed by atoms with Crippen LogP contribution in [-0.2, 0) is 16.1 Å². The SMILES string of the molecule is COc1ccc(CN2CCC(=O)CC2=O)cc1C(C)=O. The second-order valence-electron chi connectivity index (χ2n) is 4.87. The van der Waals surface area contributed by atoms with Crippen molar-refractivity contribution in [3.05, 3.63) is 29.3 Å². The first-order valence-electron chi connectivity index (χ1n) is 6.48. The van der Waals surface area contributed by atoms with E-state index < -0.39 is 0 Å². The van der Waals surface area contributed by atoms with Gasteiger partial charge in [0, 0.05) is 19.5 Å². The number of nitrogens with zero attached hydrogens (tertiary/aromatic N) is 1. The molecule has 1 aliphatic rings. The highest BCUT2D eigenvalue weighted by molar-refractivity contribution is 6.00. The average molecular weight is 275 g/mol. The number of hydrogen-bond donors (Lipinski definition) is 0. The predicted octanol–water partition coefficient (Wildman–Crippen LogP) is 1.59. The first kappa shape index (κ1) is 14.2. The van der Waals surface area contributed by atoms with Crippen molar-refractivity contribution >= 4 is 17.5 Å². The Morgan fingerprint density at radius 1 is 1.35 bits per heavy atom. The molecule has 1 aromatic carbocycles. The Balaban J connectivity index is 2.17. The van der Waals surface area contributed by atoms with Gasteiger partial charge in [-0.05, 0) is 24.6 Å². The molecule has 0 bridgehead atoms. The van der Waals surface area contributed by atoms with Crippen molar-refractivity contribution in [2.24, 2.45) is 0 Å². The number of carbonyl (C=O) groups excluding carboxylic acids is 3. The summed E-state index contributed by atoms with van der Waals surface area (Å²) in [7, 11) is 1.52. The molecule has 20 heavy (non-hydrogen) atoms. The van der Waals surface area contributed by atoms with E-state index in [1.54, 1.807) is 17.0 Å². The van der Waals surface area contributed by atoms with E-state index in [1.165, 1.54) is 14.0 Å². The third-order valence-corrected chi connectivity index (χ3v) is 3.38. The summed E-state index contributed by atoms with van der Waals surface area (Å²) in [5.41, 5.74) is 1.37. The minimum Gasteiger partial charge on any atom is -0.496 e. The molecule has 1 amide bonds. The first-order valence-corrected chi connectivity index (χ1v) is 6.48. The largest absolute Gasteiger partial charge is 0.496 e. The molecule has 0 aliphatic carbocycles. The van der Waals surface area contributed by atoms with Crippen molar-refractivity contribution in [2.45, 2.75) is 26.3 Å². The Labute approximate surface area is 117 Å². The van der Waals surface area contributed by atoms with Crippen molar-refractivity contribution in [3.8, 4) is 5.75 Å². The fraction of sp³-hybridized carbons (Fsp3) is 0.400. The van der Waals surface area contributed by atoms with Gasteiger partial charge in [-0.15, -0.1) is 0 Å². The molecule has 0 atom stereocenters. The number of ether oxygens (including phenoxy) is 1. The molecule has 1 fully saturated rings. The standard InChI is InChI=1S/C15H17NO4/c1-10(17)13-7-11(3-4-14(13)20-2)9-16-6-5-12(18)8-15(16)19/h3-4,7H,5-6,8-9H2,1-2H3. The van der Waals surface area contributed by atoms with Crippen LogP contribution in [0, 0.1) is 0 Å². The van der Waals surface area contributed by atoms with Crippen LogP contribution in [0.15, 0.2) is 18.2 Å². The Morgan fingerprint density at radius 3 is 2.70 bits per heavy atom. The topological polar surface area (TPSA) is 63.7 Å². The van der Waals surface area contributed by atoms with Crippen molar-refractivity contribution in [1.82, 2.24) is 4.90 Å². The number of Topliss-reactive ketones (excluding diaryl/α,β-unsaturated/α-hetero) is 2. The molecule has 0 radical (unpaired) electrons. The maximum absolute atomic E-state index is 11.8. The third-order valence-electron chi connectivity index (χ3n) is 3.38. The first-order chi connectivity index (χ1) is 9.51. The van der Waals surface area contributed by atoms with Gasteiger partial charge in [-0.3, -0.25) is 14.4 Å². The monoisotopic (exact) mass is 275 g/mol. The highest BCUT2D eigenvalue weighted by atomic mass is 16.5. The molecule has 1 saturated heterocycles. The van der Waals surface area contributed by atoms with Crippen LogP contribution in [0.1, 0.15) is 35.7 Å². The van der Waals surface area contributed by atoms with E-state index in [-0.39, 0.29) is 23.9 Å². The summed E-state index contributed by atoms with van der Waals surface area (Å²) >= 11 is 0. The van der Waals surface area contributed by atoms with E-state index in [0.29, 0.717) is 30.8 Å². The Morgan fingerprint density at radius 2 is 2.10 bits per heavy atom. The van der Waals surface area contributed by atoms with E-state index >= 15 is 0 Å². The van der Waals surface area contributed by atoms with Crippen LogP contribution in [0.2, 0.25) is 0 Å². The van der Waals surface area contributed by atoms with Crippen LogP contribution in [-0.4, -0.2) is 36.0 Å². The lowest BCUT2D eigenvalue weighted by atomic mass is 10.0. The number of methoxy groups -OCH3 is 1. The van der Waals surface area contributed by atoms with Crippen LogP contribution < -0.4 is 4.74 Å². The lowest BCUT2D eigenvalue weighted by Crippen LogP contribution is -2.38. The number of rotatable bonds is 4. The van der Waals surface area contributed by atoms with Gasteiger partial charge in [0.1, 0.15) is 11.5 Å². The van der Waals surface area contributed by atoms with E-state index in [2.05, 4.69) is 0 Å². The summed E-state index contributed by atoms with van der Waals surface area (Å²) in [6, 6.07) is 5.30. The van der Waals surface area contributed by atoms with Crippen molar-refractivity contribution in [3.63, 3.8) is 0 Å². The van der Waals surface area contributed by atoms with Gasteiger partial charge in [-0.2, -0.15) is 0 Å². The molecule has 2 rings (SSSR count). The van der Waals surface area contributed by atoms with E-state index in [1.807, 2.05) is 6.07 Å². The van der Waals surface area contributed by atoms with Crippen LogP contribution >= 0.6 is 0 Å². The van der Waals surface area contributed by atoms with Gasteiger partial charge in [0.25, 0.3) is 0 Å². The summed E-state index contributed by atoms with van der Waals surface area (Å²) in [5.74, 6) is 0.289. The smallest absolute Gasteiger partial charge is 0.230 e. The van der Waals surface area contributed by atoms with Gasteiger partial charge < -0.3 is 9.64 Å². The van der Waals surface area contributed by atoms with Crippen LogP contribution in [0.4, 0.5) is 0 Å². The van der Waals surface area contributed by atoms with Gasteiger partial charge in [0.05, 0.1) is 19.1 Å². The summed E-state index contributed by atoms with van der Waals surface area (Å²) < 4.78 is 5.14. The minimum absolute atomic E-state index is 0.00888. The van der Waals surface area contributed by atoms with Crippen molar-refractivity contribution in [2.75, 3.05) is 13.7 Å². The number of ketones is 2. The van der Waals surface area contributed by atoms with Crippen LogP contribution in [0.25, 0.3) is 0 Å². The number of carbonyl (C=O) groups is 3. The molecule has 0 spiro atoms. The number of piperidine rings is 1. The fourth-order valence-corrected chi connectivity index (χ4v) is 2.27. The second-order valence-corrected chi connectivity index (χ2v) is 4.87. The maximum Gasteiger partial charge on any atom is 0.230 e. The zero-order chi connectivity index (χ0) is 14.7. The maximum atomic E-state index is 11.8. The number of benzene rings is 1. The van der Waals surface area contributed by atoms with Gasteiger partial charge in [0.15, 0.2) is 5.78 Å². The summed E-state index contributed by atoms with van der Waals surface area (Å²) in [4.78, 5) is 36.2. The highest BCUT2D eigenvalue weighted by Gasteiger charge is 2.23. The molecule has 0 N–H and O–H groups in total. The number of hydrogen-bond acceptors (Lipinski definition) is 4. The molecular formula is C15H17NO4. The zero-order valence-corrected chi connectivity index (χ0v) is 11.6. The average Bonchev–Trinajstić information content (AvgIpc) is 2.41. The molecule has 106 valence electrons. The molecule has 0 aromatic heterocycles. The third kappa shape index (κ3) is 3.04. The second kappa shape index (κ2) is 5.86. The lowest BCUT2D eigenvalue weighted by molar-refractivity contribution is -0.139. The number of amides is 1. The number of likely N-dealkylation sites (tertiary alicyclic amines) is 1. The molecular weight excluding hydrogens is 258 g/mol. The van der Waals surface area contributed by atoms with Gasteiger partial charge >= 0.3 is 0 Å². The van der Waals surface area contributed by atoms with Crippen LogP contribution in [0.5, 0.6) is 5.75 Å². The minimum atomic E-state index is -0.151. The summed E-state index contributed by atoms with van der Waals surface area (Å²) in [6.45, 7) is 2.34. The van der Waals surface area contributed by atoms with Crippen LogP contribution in [0.3, 0.4) is 0 Å². The zero-order valence-electron chi connectivity index (χ0n) is 11.6. The van der Waals surface area contributed by atoms with Gasteiger partial charge in [0.2, 0.25) is 5.91 Å². The molecule has 0 unspecified atom stereocenters.